The van der Waals surface area contributed by atoms with Crippen molar-refractivity contribution >= 4 is 40.5 Å². The average molecular weight is 387 g/mol. The Labute approximate surface area is 160 Å². The second-order valence-electron chi connectivity index (χ2n) is 5.37. The lowest BCUT2D eigenvalue weighted by Gasteiger charge is -2.23. The predicted molar refractivity (Wildman–Crippen MR) is 104 cm³/mol. The van der Waals surface area contributed by atoms with Crippen molar-refractivity contribution in [2.24, 2.45) is 5.73 Å². The van der Waals surface area contributed by atoms with Gasteiger partial charge < -0.3 is 5.73 Å². The zero-order valence-electron chi connectivity index (χ0n) is 13.8. The molecule has 3 rings (SSSR count). The van der Waals surface area contributed by atoms with Gasteiger partial charge in [-0.1, -0.05) is 41.1 Å². The van der Waals surface area contributed by atoms with E-state index in [1.165, 1.54) is 5.01 Å². The maximum atomic E-state index is 12.7. The molecular formula is C17H15ClN6OS. The number of carbonyl (C=O) groups excluding carboxylic acids is 1. The second-order valence-corrected chi connectivity index (χ2v) is 6.22. The molecule has 0 spiro atoms. The smallest absolute Gasteiger partial charge is 0.292 e. The number of nitrogens with two attached hydrogens (primary N) is 1. The lowest BCUT2D eigenvalue weighted by molar-refractivity contribution is 0.0949. The Morgan fingerprint density at radius 1 is 1.23 bits per heavy atom. The molecule has 1 aromatic heterocycles. The zero-order chi connectivity index (χ0) is 18.7. The summed E-state index contributed by atoms with van der Waals surface area (Å²) in [5, 5.41) is 9.75. The molecule has 1 heterocycles. The minimum Gasteiger partial charge on any atom is -0.374 e. The van der Waals surface area contributed by atoms with Crippen molar-refractivity contribution in [3.8, 4) is 5.69 Å². The van der Waals surface area contributed by atoms with E-state index in [4.69, 9.17) is 29.6 Å². The molecule has 7 nitrogen and oxygen atoms in total. The monoisotopic (exact) mass is 386 g/mol. The third-order valence-electron chi connectivity index (χ3n) is 3.61. The van der Waals surface area contributed by atoms with E-state index in [9.17, 15) is 4.79 Å². The number of thiocarbonyl (C=S) groups is 1. The Morgan fingerprint density at radius 3 is 2.62 bits per heavy atom. The fourth-order valence-electron chi connectivity index (χ4n) is 2.37. The van der Waals surface area contributed by atoms with Crippen LogP contribution in [0, 0.1) is 6.92 Å². The molecular weight excluding hydrogens is 372 g/mol. The summed E-state index contributed by atoms with van der Waals surface area (Å²) in [6, 6.07) is 16.2. The minimum absolute atomic E-state index is 0.0336. The molecule has 3 N–H and O–H groups in total. The molecule has 0 aliphatic heterocycles. The molecule has 2 aromatic carbocycles. The molecule has 0 aliphatic carbocycles. The van der Waals surface area contributed by atoms with Crippen molar-refractivity contribution < 1.29 is 4.79 Å². The van der Waals surface area contributed by atoms with Crippen LogP contribution in [-0.4, -0.2) is 26.0 Å². The SMILES string of the molecule is Cc1c(C(=O)NN(C(N)=S)c2cccc(Cl)c2)nnn1-c1ccccc1. The number of nitrogens with one attached hydrogen (secondary N) is 1. The van der Waals surface area contributed by atoms with Crippen LogP contribution in [0.1, 0.15) is 16.2 Å². The van der Waals surface area contributed by atoms with E-state index in [0.29, 0.717) is 16.4 Å². The topological polar surface area (TPSA) is 89.1 Å². The number of benzene rings is 2. The first-order valence-electron chi connectivity index (χ1n) is 7.61. The van der Waals surface area contributed by atoms with Gasteiger partial charge in [0.05, 0.1) is 17.1 Å². The molecule has 0 unspecified atom stereocenters. The summed E-state index contributed by atoms with van der Waals surface area (Å²) >= 11 is 11.0. The zero-order valence-corrected chi connectivity index (χ0v) is 15.3. The Hall–Kier alpha value is -2.97. The van der Waals surface area contributed by atoms with Crippen LogP contribution in [0.3, 0.4) is 0 Å². The molecule has 0 saturated heterocycles. The van der Waals surface area contributed by atoms with Gasteiger partial charge in [-0.05, 0) is 49.5 Å². The quantitative estimate of drug-likeness (QED) is 0.531. The number of aromatic nitrogens is 3. The highest BCUT2D eigenvalue weighted by molar-refractivity contribution is 7.80. The highest BCUT2D eigenvalue weighted by atomic mass is 35.5. The van der Waals surface area contributed by atoms with Gasteiger partial charge in [0, 0.05) is 5.02 Å². The van der Waals surface area contributed by atoms with E-state index in [0.717, 1.165) is 5.69 Å². The van der Waals surface area contributed by atoms with Crippen LogP contribution in [0.2, 0.25) is 5.02 Å². The molecule has 0 radical (unpaired) electrons. The Kier molecular flexibility index (Phi) is 5.15. The van der Waals surface area contributed by atoms with E-state index in [1.54, 1.807) is 35.9 Å². The van der Waals surface area contributed by atoms with Crippen LogP contribution in [0.5, 0.6) is 0 Å². The number of hydrogen-bond acceptors (Lipinski definition) is 4. The summed E-state index contributed by atoms with van der Waals surface area (Å²) in [5.74, 6) is -0.488. The van der Waals surface area contributed by atoms with Crippen LogP contribution in [0.4, 0.5) is 5.69 Å². The van der Waals surface area contributed by atoms with Crippen LogP contribution < -0.4 is 16.2 Å². The Bertz CT molecular complexity index is 959. The standard InChI is InChI=1S/C17H15ClN6OS/c1-11-15(20-22-23(11)13-7-3-2-4-8-13)16(25)21-24(17(19)26)14-9-5-6-12(18)10-14/h2-10H,1H3,(H2,19,26)(H,21,25). The number of hydrogen-bond donors (Lipinski definition) is 2. The van der Waals surface area contributed by atoms with Gasteiger partial charge in [0.25, 0.3) is 5.91 Å². The van der Waals surface area contributed by atoms with Gasteiger partial charge in [0.1, 0.15) is 0 Å². The Morgan fingerprint density at radius 2 is 1.96 bits per heavy atom. The van der Waals surface area contributed by atoms with Crippen LogP contribution in [-0.2, 0) is 0 Å². The van der Waals surface area contributed by atoms with Crippen molar-refractivity contribution in [1.82, 2.24) is 20.4 Å². The molecule has 3 aromatic rings. The van der Waals surface area contributed by atoms with Gasteiger partial charge in [0.15, 0.2) is 10.8 Å². The van der Waals surface area contributed by atoms with Gasteiger partial charge in [0.2, 0.25) is 0 Å². The summed E-state index contributed by atoms with van der Waals surface area (Å²) in [7, 11) is 0. The first kappa shape index (κ1) is 17.8. The van der Waals surface area contributed by atoms with Crippen molar-refractivity contribution in [2.75, 3.05) is 5.01 Å². The normalized spacial score (nSPS) is 10.4. The van der Waals surface area contributed by atoms with E-state index in [1.807, 2.05) is 30.3 Å². The van der Waals surface area contributed by atoms with E-state index in [2.05, 4.69) is 15.7 Å². The second kappa shape index (κ2) is 7.51. The third-order valence-corrected chi connectivity index (χ3v) is 4.03. The van der Waals surface area contributed by atoms with Crippen molar-refractivity contribution in [1.29, 1.82) is 0 Å². The lowest BCUT2D eigenvalue weighted by atomic mass is 10.3. The molecule has 0 aliphatic rings. The summed E-state index contributed by atoms with van der Waals surface area (Å²) in [6.07, 6.45) is 0. The van der Waals surface area contributed by atoms with Crippen molar-refractivity contribution in [3.63, 3.8) is 0 Å². The molecule has 0 saturated carbocycles. The van der Waals surface area contributed by atoms with E-state index < -0.39 is 5.91 Å². The first-order valence-corrected chi connectivity index (χ1v) is 8.40. The number of halogens is 1. The highest BCUT2D eigenvalue weighted by Crippen LogP contribution is 2.19. The summed E-state index contributed by atoms with van der Waals surface area (Å²) in [4.78, 5) is 12.7. The molecule has 26 heavy (non-hydrogen) atoms. The number of amides is 1. The summed E-state index contributed by atoms with van der Waals surface area (Å²) < 4.78 is 1.58. The molecule has 0 fully saturated rings. The number of anilines is 1. The third kappa shape index (κ3) is 3.66. The molecule has 0 atom stereocenters. The van der Waals surface area contributed by atoms with Gasteiger partial charge >= 0.3 is 0 Å². The Balaban J connectivity index is 1.87. The lowest BCUT2D eigenvalue weighted by Crippen LogP contribution is -2.49. The van der Waals surface area contributed by atoms with Crippen LogP contribution in [0.25, 0.3) is 5.69 Å². The number of nitrogens with zero attached hydrogens (tertiary/aromatic N) is 4. The van der Waals surface area contributed by atoms with Gasteiger partial charge in [-0.2, -0.15) is 0 Å². The fraction of sp³-hybridized carbons (Fsp3) is 0.0588. The fourth-order valence-corrected chi connectivity index (χ4v) is 2.71. The molecule has 9 heteroatoms. The van der Waals surface area contributed by atoms with Gasteiger partial charge in [-0.3, -0.25) is 10.2 Å². The molecule has 0 bridgehead atoms. The molecule has 1 amide bonds. The van der Waals surface area contributed by atoms with Crippen molar-refractivity contribution in [3.05, 3.63) is 71.0 Å². The number of para-hydroxylation sites is 1. The van der Waals surface area contributed by atoms with Crippen molar-refractivity contribution in [2.45, 2.75) is 6.92 Å². The van der Waals surface area contributed by atoms with E-state index >= 15 is 0 Å². The van der Waals surface area contributed by atoms with Gasteiger partial charge in [-0.25, -0.2) is 9.69 Å². The summed E-state index contributed by atoms with van der Waals surface area (Å²) in [6.45, 7) is 1.76. The number of rotatable bonds is 3. The average Bonchev–Trinajstić information content (AvgIpc) is 3.01. The molecule has 132 valence electrons. The maximum absolute atomic E-state index is 12.7. The largest absolute Gasteiger partial charge is 0.374 e. The number of carbonyl (C=O) groups is 1. The number of hydrazine groups is 1. The first-order chi connectivity index (χ1) is 12.5. The van der Waals surface area contributed by atoms with E-state index in [-0.39, 0.29) is 10.8 Å². The van der Waals surface area contributed by atoms with Crippen LogP contribution >= 0.6 is 23.8 Å². The minimum atomic E-state index is -0.488. The summed E-state index contributed by atoms with van der Waals surface area (Å²) in [5.41, 5.74) is 10.5. The van der Waals surface area contributed by atoms with Crippen LogP contribution in [0.15, 0.2) is 54.6 Å². The predicted octanol–water partition coefficient (Wildman–Crippen LogP) is 2.62. The van der Waals surface area contributed by atoms with Gasteiger partial charge in [-0.15, -0.1) is 5.10 Å². The highest BCUT2D eigenvalue weighted by Gasteiger charge is 2.21. The maximum Gasteiger partial charge on any atom is 0.292 e.